The van der Waals surface area contributed by atoms with Crippen LogP contribution in [0.5, 0.6) is 5.75 Å². The predicted octanol–water partition coefficient (Wildman–Crippen LogP) is 3.18. The zero-order chi connectivity index (χ0) is 27.1. The highest BCUT2D eigenvalue weighted by Crippen LogP contribution is 2.47. The van der Waals surface area contributed by atoms with Crippen LogP contribution in [-0.4, -0.2) is 64.8 Å². The summed E-state index contributed by atoms with van der Waals surface area (Å²) in [6.45, 7) is 8.03. The van der Waals surface area contributed by atoms with Crippen molar-refractivity contribution < 1.29 is 24.2 Å². The van der Waals surface area contributed by atoms with Gasteiger partial charge in [-0.2, -0.15) is 0 Å². The number of nitrogens with one attached hydrogen (secondary N) is 1. The van der Waals surface area contributed by atoms with E-state index in [0.717, 1.165) is 12.8 Å². The van der Waals surface area contributed by atoms with Crippen LogP contribution in [0.4, 0.5) is 0 Å². The monoisotopic (exact) mass is 534 g/mol. The number of carbonyl (C=O) groups is 2. The molecule has 1 fully saturated rings. The number of rotatable bonds is 9. The molecule has 2 aliphatic heterocycles. The van der Waals surface area contributed by atoms with Crippen molar-refractivity contribution in [1.29, 1.82) is 0 Å². The van der Waals surface area contributed by atoms with Gasteiger partial charge in [-0.1, -0.05) is 25.4 Å². The largest absolute Gasteiger partial charge is 0.485 e. The third kappa shape index (κ3) is 5.31. The number of hydrogen-bond donors (Lipinski definition) is 3. The first-order valence-corrected chi connectivity index (χ1v) is 13.5. The lowest BCUT2D eigenvalue weighted by atomic mass is 9.86. The van der Waals surface area contributed by atoms with Gasteiger partial charge < -0.3 is 25.6 Å². The molecule has 37 heavy (non-hydrogen) atoms. The quantitative estimate of drug-likeness (QED) is 0.446. The van der Waals surface area contributed by atoms with Crippen molar-refractivity contribution in [2.45, 2.75) is 89.1 Å². The molecule has 3 aliphatic rings. The number of halogens is 1. The lowest BCUT2D eigenvalue weighted by Gasteiger charge is -2.42. The molecule has 1 aliphatic carbocycles. The number of aliphatic hydroxyl groups is 1. The molecule has 1 saturated carbocycles. The maximum atomic E-state index is 13.5. The van der Waals surface area contributed by atoms with E-state index < -0.39 is 23.3 Å². The smallest absolute Gasteiger partial charge is 0.231 e. The minimum atomic E-state index is -0.980. The summed E-state index contributed by atoms with van der Waals surface area (Å²) in [5, 5.41) is 14.6. The maximum absolute atomic E-state index is 13.5. The first kappa shape index (κ1) is 27.7. The van der Waals surface area contributed by atoms with Crippen molar-refractivity contribution in [3.05, 3.63) is 28.8 Å². The lowest BCUT2D eigenvalue weighted by molar-refractivity contribution is -0.133. The van der Waals surface area contributed by atoms with Gasteiger partial charge in [0, 0.05) is 36.3 Å². The Balaban J connectivity index is 1.54. The molecule has 0 aromatic heterocycles. The number of ether oxygens (including phenoxy) is 2. The Morgan fingerprint density at radius 2 is 2.08 bits per heavy atom. The van der Waals surface area contributed by atoms with E-state index in [0.29, 0.717) is 42.2 Å². The summed E-state index contributed by atoms with van der Waals surface area (Å²) >= 11 is 6.22. The summed E-state index contributed by atoms with van der Waals surface area (Å²) in [7, 11) is 1.61. The Hall–Kier alpha value is -2.36. The third-order valence-corrected chi connectivity index (χ3v) is 8.52. The molecule has 1 aromatic carbocycles. The van der Waals surface area contributed by atoms with Gasteiger partial charge in [0.25, 0.3) is 0 Å². The van der Waals surface area contributed by atoms with E-state index in [1.165, 1.54) is 0 Å². The predicted molar refractivity (Wildman–Crippen MR) is 141 cm³/mol. The summed E-state index contributed by atoms with van der Waals surface area (Å²) in [6, 6.07) is 4.21. The second-order valence-corrected chi connectivity index (χ2v) is 11.5. The van der Waals surface area contributed by atoms with Gasteiger partial charge >= 0.3 is 0 Å². The van der Waals surface area contributed by atoms with E-state index >= 15 is 0 Å². The first-order valence-electron chi connectivity index (χ1n) is 13.1. The van der Waals surface area contributed by atoms with Crippen LogP contribution >= 0.6 is 11.6 Å². The number of aliphatic hydroxyl groups excluding tert-OH is 1. The molecule has 5 atom stereocenters. The summed E-state index contributed by atoms with van der Waals surface area (Å²) in [5.41, 5.74) is 5.64. The van der Waals surface area contributed by atoms with Crippen LogP contribution in [0.2, 0.25) is 5.02 Å². The Morgan fingerprint density at radius 1 is 1.38 bits per heavy atom. The second-order valence-electron chi connectivity index (χ2n) is 11.0. The standard InChI is InChI=1S/C27H39ClN4O5/c1-6-27(7-2)14-21(33)32(25(29)31-27)19(10-11-36-5)16-13-17(16)24(35)30-22-18-12-15(28)8-9-20(18)37-26(3,4)23(22)34/h8-9,12,16-17,19,22-23,34H,6-7,10-11,13-14H2,1-5H3,(H2,29,31)(H,30,35)/t16?,17?,19-,22-,23+/m1/s1. The van der Waals surface area contributed by atoms with Crippen molar-refractivity contribution in [2.24, 2.45) is 22.6 Å². The topological polar surface area (TPSA) is 126 Å². The van der Waals surface area contributed by atoms with Crippen molar-refractivity contribution in [3.63, 3.8) is 0 Å². The zero-order valence-corrected chi connectivity index (χ0v) is 23.0. The number of methoxy groups -OCH3 is 1. The van der Waals surface area contributed by atoms with Gasteiger partial charge in [0.1, 0.15) is 17.5 Å². The number of nitrogens with zero attached hydrogens (tertiary/aromatic N) is 2. The van der Waals surface area contributed by atoms with Gasteiger partial charge in [0.05, 0.1) is 18.0 Å². The first-order chi connectivity index (χ1) is 17.5. The Labute approximate surface area is 223 Å². The highest BCUT2D eigenvalue weighted by Gasteiger charge is 2.53. The molecule has 2 heterocycles. The van der Waals surface area contributed by atoms with Crippen LogP contribution in [-0.2, 0) is 14.3 Å². The van der Waals surface area contributed by atoms with E-state index in [1.54, 1.807) is 44.1 Å². The van der Waals surface area contributed by atoms with Crippen LogP contribution in [0.25, 0.3) is 0 Å². The number of carbonyl (C=O) groups excluding carboxylic acids is 2. The molecule has 10 heteroatoms. The summed E-state index contributed by atoms with van der Waals surface area (Å²) in [5.74, 6) is 0.135. The maximum Gasteiger partial charge on any atom is 0.231 e. The Bertz CT molecular complexity index is 1070. The van der Waals surface area contributed by atoms with Gasteiger partial charge in [0.15, 0.2) is 5.96 Å². The lowest BCUT2D eigenvalue weighted by Crippen LogP contribution is -2.56. The van der Waals surface area contributed by atoms with Gasteiger partial charge in [-0.25, -0.2) is 4.99 Å². The molecule has 204 valence electrons. The number of aliphatic imine (C=N–C) groups is 1. The summed E-state index contributed by atoms with van der Waals surface area (Å²) in [6.07, 6.45) is 1.94. The zero-order valence-electron chi connectivity index (χ0n) is 22.3. The van der Waals surface area contributed by atoms with Crippen molar-refractivity contribution in [3.8, 4) is 5.75 Å². The minimum Gasteiger partial charge on any atom is -0.485 e. The van der Waals surface area contributed by atoms with Gasteiger partial charge in [-0.05, 0) is 63.6 Å². The Kier molecular flexibility index (Phi) is 7.79. The molecular weight excluding hydrogens is 496 g/mol. The molecule has 0 radical (unpaired) electrons. The summed E-state index contributed by atoms with van der Waals surface area (Å²) < 4.78 is 11.3. The minimum absolute atomic E-state index is 0.0615. The van der Waals surface area contributed by atoms with Gasteiger partial charge in [0.2, 0.25) is 11.8 Å². The van der Waals surface area contributed by atoms with E-state index in [-0.39, 0.29) is 35.7 Å². The number of guanidine groups is 1. The molecule has 2 amide bonds. The van der Waals surface area contributed by atoms with Crippen LogP contribution in [0.1, 0.15) is 71.4 Å². The summed E-state index contributed by atoms with van der Waals surface area (Å²) in [4.78, 5) is 33.1. The average molecular weight is 535 g/mol. The fourth-order valence-corrected chi connectivity index (χ4v) is 5.93. The Morgan fingerprint density at radius 3 is 2.70 bits per heavy atom. The highest BCUT2D eigenvalue weighted by atomic mass is 35.5. The fraction of sp³-hybridized carbons (Fsp3) is 0.667. The number of benzene rings is 1. The average Bonchev–Trinajstić information content (AvgIpc) is 3.64. The van der Waals surface area contributed by atoms with Crippen LogP contribution in [0, 0.1) is 11.8 Å². The van der Waals surface area contributed by atoms with E-state index in [4.69, 9.17) is 31.8 Å². The normalized spacial score (nSPS) is 28.6. The van der Waals surface area contributed by atoms with Gasteiger partial charge in [-0.3, -0.25) is 14.5 Å². The van der Waals surface area contributed by atoms with E-state index in [9.17, 15) is 14.7 Å². The van der Waals surface area contributed by atoms with E-state index in [2.05, 4.69) is 5.32 Å². The highest BCUT2D eigenvalue weighted by molar-refractivity contribution is 6.30. The number of nitrogens with two attached hydrogens (primary N) is 1. The molecule has 2 unspecified atom stereocenters. The molecule has 0 spiro atoms. The van der Waals surface area contributed by atoms with E-state index in [1.807, 2.05) is 13.8 Å². The molecular formula is C27H39ClN4O5. The molecule has 9 nitrogen and oxygen atoms in total. The number of amides is 2. The molecule has 4 N–H and O–H groups in total. The van der Waals surface area contributed by atoms with Crippen LogP contribution < -0.4 is 15.8 Å². The molecule has 4 rings (SSSR count). The third-order valence-electron chi connectivity index (χ3n) is 8.29. The fourth-order valence-electron chi connectivity index (χ4n) is 5.75. The molecule has 0 saturated heterocycles. The molecule has 0 bridgehead atoms. The van der Waals surface area contributed by atoms with Crippen molar-refractivity contribution in [1.82, 2.24) is 10.2 Å². The van der Waals surface area contributed by atoms with Gasteiger partial charge in [-0.15, -0.1) is 0 Å². The SMILES string of the molecule is CCC1(CC)CC(=O)N([C@H](CCOC)C2CC2C(=O)N[C@@H]2c3cc(Cl)ccc3OC(C)(C)[C@H]2O)C(N)=N1. The van der Waals surface area contributed by atoms with Crippen molar-refractivity contribution >= 4 is 29.4 Å². The van der Waals surface area contributed by atoms with Crippen LogP contribution in [0.15, 0.2) is 23.2 Å². The number of fused-ring (bicyclic) bond motifs is 1. The van der Waals surface area contributed by atoms with Crippen molar-refractivity contribution in [2.75, 3.05) is 13.7 Å². The molecule has 1 aromatic rings. The van der Waals surface area contributed by atoms with Crippen LogP contribution in [0.3, 0.4) is 0 Å². The number of hydrogen-bond acceptors (Lipinski definition) is 7. The second kappa shape index (κ2) is 10.4.